The third-order valence-electron chi connectivity index (χ3n) is 8.85. The summed E-state index contributed by atoms with van der Waals surface area (Å²) in [5.41, 5.74) is 12.3. The van der Waals surface area contributed by atoms with Crippen LogP contribution in [-0.4, -0.2) is 22.4 Å². The zero-order valence-electron chi connectivity index (χ0n) is 25.5. The predicted octanol–water partition coefficient (Wildman–Crippen LogP) is 8.48. The number of aromatic nitrogens is 1. The Morgan fingerprint density at radius 2 is 1.86 bits per heavy atom. The highest BCUT2D eigenvalue weighted by molar-refractivity contribution is 6.05. The minimum absolute atomic E-state index is 0.0149. The molecule has 220 valence electrons. The number of allylic oxidation sites excluding steroid dienone is 8. The maximum atomic E-state index is 11.3. The predicted molar refractivity (Wildman–Crippen MR) is 171 cm³/mol. The van der Waals surface area contributed by atoms with Crippen molar-refractivity contribution in [2.24, 2.45) is 33.5 Å². The van der Waals surface area contributed by atoms with Gasteiger partial charge in [-0.15, -0.1) is 0 Å². The lowest BCUT2D eigenvalue weighted by Crippen LogP contribution is -2.25. The molecule has 2 N–H and O–H groups in total. The van der Waals surface area contributed by atoms with E-state index in [4.69, 9.17) is 15.1 Å². The van der Waals surface area contributed by atoms with E-state index in [2.05, 4.69) is 61.1 Å². The first kappa shape index (κ1) is 29.7. The molecule has 1 heterocycles. The first-order valence-corrected chi connectivity index (χ1v) is 15.5. The molecule has 1 aromatic heterocycles. The number of amidine groups is 1. The van der Waals surface area contributed by atoms with E-state index < -0.39 is 0 Å². The van der Waals surface area contributed by atoms with Crippen molar-refractivity contribution in [2.45, 2.75) is 85.0 Å². The Morgan fingerprint density at radius 3 is 2.52 bits per heavy atom. The lowest BCUT2D eigenvalue weighted by Gasteiger charge is -2.30. The molecule has 0 spiro atoms. The van der Waals surface area contributed by atoms with Gasteiger partial charge in [-0.3, -0.25) is 9.79 Å². The van der Waals surface area contributed by atoms with Gasteiger partial charge in [-0.1, -0.05) is 80.8 Å². The van der Waals surface area contributed by atoms with E-state index in [0.717, 1.165) is 23.6 Å². The van der Waals surface area contributed by atoms with Gasteiger partial charge in [0.05, 0.1) is 17.8 Å². The van der Waals surface area contributed by atoms with Crippen molar-refractivity contribution in [2.75, 3.05) is 0 Å². The molecule has 6 heteroatoms. The average Bonchev–Trinajstić information content (AvgIpc) is 3.70. The molecule has 5 rings (SSSR count). The molecule has 0 saturated heterocycles. The molecule has 1 amide bonds. The van der Waals surface area contributed by atoms with Crippen molar-refractivity contribution in [1.82, 2.24) is 4.98 Å². The van der Waals surface area contributed by atoms with Crippen LogP contribution in [0.15, 0.2) is 92.1 Å². The number of oxazole rings is 1. The number of aliphatic imine (C=N–C) groups is 2. The standard InChI is InChI=1S/C36H44N4O2/c1-5-27(16-14-26-12-13-26)34(24(3)28-9-7-6-8-10-28)40-32-21-31(15-11-23(32)2)36-38-22-33(42-36)29-17-19-30(20-18-29)35(37)39-25(4)41/h5,11,14-20,22,24,26,28,31H,6-10,12-13,21H2,1-4H3,(H2,37,39,41)/b16-14-,27-5+,40-34?. The van der Waals surface area contributed by atoms with Crippen molar-refractivity contribution in [3.05, 3.63) is 89.1 Å². The van der Waals surface area contributed by atoms with Gasteiger partial charge in [0.1, 0.15) is 5.84 Å². The molecule has 3 aliphatic carbocycles. The molecule has 2 atom stereocenters. The molecule has 42 heavy (non-hydrogen) atoms. The van der Waals surface area contributed by atoms with Gasteiger partial charge in [0.2, 0.25) is 11.8 Å². The Morgan fingerprint density at radius 1 is 1.12 bits per heavy atom. The quantitative estimate of drug-likeness (QED) is 0.188. The summed E-state index contributed by atoms with van der Waals surface area (Å²) in [6, 6.07) is 7.49. The molecule has 0 bridgehead atoms. The van der Waals surface area contributed by atoms with Gasteiger partial charge in [0.25, 0.3) is 0 Å². The molecule has 2 saturated carbocycles. The number of carbonyl (C=O) groups is 1. The Balaban J connectivity index is 1.37. The van der Waals surface area contributed by atoms with Crippen molar-refractivity contribution >= 4 is 17.5 Å². The number of nitrogens with two attached hydrogens (primary N) is 1. The average molecular weight is 565 g/mol. The number of hydrogen-bond donors (Lipinski definition) is 1. The summed E-state index contributed by atoms with van der Waals surface area (Å²) in [7, 11) is 0. The van der Waals surface area contributed by atoms with E-state index in [-0.39, 0.29) is 17.7 Å². The molecule has 0 radical (unpaired) electrons. The summed E-state index contributed by atoms with van der Waals surface area (Å²) >= 11 is 0. The Kier molecular flexibility index (Phi) is 9.51. The number of benzene rings is 1. The largest absolute Gasteiger partial charge is 0.440 e. The fourth-order valence-corrected chi connectivity index (χ4v) is 6.02. The van der Waals surface area contributed by atoms with Crippen LogP contribution in [0, 0.1) is 17.8 Å². The first-order chi connectivity index (χ1) is 20.3. The highest BCUT2D eigenvalue weighted by Gasteiger charge is 2.28. The Hall–Kier alpha value is -3.80. The number of hydrogen-bond acceptors (Lipinski definition) is 4. The number of rotatable bonds is 9. The van der Waals surface area contributed by atoms with Gasteiger partial charge in [-0.2, -0.15) is 4.99 Å². The molecule has 2 unspecified atom stereocenters. The SMILES string of the molecule is C/C=C(\C=C/C1CC1)C(=NC1=C(C)C=CC(c2ncc(-c3ccc(C(N)=NC(C)=O)cc3)o2)C1)C(C)C1CCCCC1. The van der Waals surface area contributed by atoms with E-state index in [1.807, 2.05) is 24.3 Å². The van der Waals surface area contributed by atoms with E-state index in [0.29, 0.717) is 29.1 Å². The third kappa shape index (κ3) is 7.33. The summed E-state index contributed by atoms with van der Waals surface area (Å²) in [6.45, 7) is 8.08. The van der Waals surface area contributed by atoms with E-state index in [9.17, 15) is 4.79 Å². The Labute approximate surface area is 250 Å². The first-order valence-electron chi connectivity index (χ1n) is 15.5. The second kappa shape index (κ2) is 13.5. The molecular weight excluding hydrogens is 520 g/mol. The highest BCUT2D eigenvalue weighted by atomic mass is 16.4. The van der Waals surface area contributed by atoms with Crippen LogP contribution in [0.4, 0.5) is 0 Å². The van der Waals surface area contributed by atoms with Crippen LogP contribution in [0.25, 0.3) is 11.3 Å². The third-order valence-corrected chi connectivity index (χ3v) is 8.85. The normalized spacial score (nSPS) is 21.8. The van der Waals surface area contributed by atoms with Gasteiger partial charge in [-0.05, 0) is 62.5 Å². The van der Waals surface area contributed by atoms with Gasteiger partial charge in [0, 0.05) is 36.1 Å². The zero-order valence-corrected chi connectivity index (χ0v) is 25.5. The summed E-state index contributed by atoms with van der Waals surface area (Å²) < 4.78 is 6.27. The fourth-order valence-electron chi connectivity index (χ4n) is 6.02. The van der Waals surface area contributed by atoms with Crippen LogP contribution >= 0.6 is 0 Å². The van der Waals surface area contributed by atoms with Crippen LogP contribution in [0.3, 0.4) is 0 Å². The maximum Gasteiger partial charge on any atom is 0.244 e. The van der Waals surface area contributed by atoms with Gasteiger partial charge < -0.3 is 10.2 Å². The minimum Gasteiger partial charge on any atom is -0.440 e. The van der Waals surface area contributed by atoms with Gasteiger partial charge >= 0.3 is 0 Å². The molecule has 0 aliphatic heterocycles. The topological polar surface area (TPSA) is 93.8 Å². The molecule has 3 aliphatic rings. The smallest absolute Gasteiger partial charge is 0.244 e. The summed E-state index contributed by atoms with van der Waals surface area (Å²) in [5, 5.41) is 0. The molecule has 6 nitrogen and oxygen atoms in total. The minimum atomic E-state index is -0.322. The maximum absolute atomic E-state index is 11.3. The number of amides is 1. The van der Waals surface area contributed by atoms with Crippen molar-refractivity contribution in [3.63, 3.8) is 0 Å². The number of nitrogens with zero attached hydrogens (tertiary/aromatic N) is 3. The van der Waals surface area contributed by atoms with E-state index >= 15 is 0 Å². The van der Waals surface area contributed by atoms with Gasteiger partial charge in [0.15, 0.2) is 5.76 Å². The van der Waals surface area contributed by atoms with Crippen molar-refractivity contribution in [3.8, 4) is 11.3 Å². The molecule has 2 fully saturated rings. The van der Waals surface area contributed by atoms with E-state index in [1.165, 1.54) is 68.7 Å². The summed E-state index contributed by atoms with van der Waals surface area (Å²) in [5.74, 6) is 3.10. The highest BCUT2D eigenvalue weighted by Crippen LogP contribution is 2.37. The molecular formula is C36H44N4O2. The monoisotopic (exact) mass is 564 g/mol. The Bertz CT molecular complexity index is 1460. The lowest BCUT2D eigenvalue weighted by molar-refractivity contribution is -0.115. The van der Waals surface area contributed by atoms with Crippen LogP contribution in [0.2, 0.25) is 0 Å². The molecule has 1 aromatic carbocycles. The van der Waals surface area contributed by atoms with Crippen LogP contribution in [0.1, 0.15) is 96.4 Å². The van der Waals surface area contributed by atoms with Crippen LogP contribution < -0.4 is 5.73 Å². The number of carbonyl (C=O) groups excluding carboxylic acids is 1. The van der Waals surface area contributed by atoms with Crippen molar-refractivity contribution < 1.29 is 9.21 Å². The van der Waals surface area contributed by atoms with Crippen molar-refractivity contribution in [1.29, 1.82) is 0 Å². The summed E-state index contributed by atoms with van der Waals surface area (Å²) in [4.78, 5) is 25.2. The van der Waals surface area contributed by atoms with Gasteiger partial charge in [-0.25, -0.2) is 4.98 Å². The lowest BCUT2D eigenvalue weighted by atomic mass is 9.77. The zero-order chi connectivity index (χ0) is 29.6. The molecule has 2 aromatic rings. The van der Waals surface area contributed by atoms with Crippen LogP contribution in [0.5, 0.6) is 0 Å². The summed E-state index contributed by atoms with van der Waals surface area (Å²) in [6.07, 6.45) is 23.0. The second-order valence-electron chi connectivity index (χ2n) is 12.1. The van der Waals surface area contributed by atoms with E-state index in [1.54, 1.807) is 6.20 Å². The second-order valence-corrected chi connectivity index (χ2v) is 12.1. The van der Waals surface area contributed by atoms with Crippen LogP contribution in [-0.2, 0) is 4.79 Å². The fraction of sp³-hybridized carbons (Fsp3) is 0.444.